The average Bonchev–Trinajstić information content (AvgIpc) is 3.00. The third-order valence-corrected chi connectivity index (χ3v) is 3.78. The number of aromatic nitrogens is 3. The minimum Gasteiger partial charge on any atom is -0.366 e. The molecule has 2 N–H and O–H groups in total. The summed E-state index contributed by atoms with van der Waals surface area (Å²) in [6.07, 6.45) is -2.69. The van der Waals surface area contributed by atoms with E-state index in [-0.39, 0.29) is 0 Å². The first-order valence-corrected chi connectivity index (χ1v) is 7.72. The van der Waals surface area contributed by atoms with Gasteiger partial charge >= 0.3 is 6.18 Å². The Morgan fingerprint density at radius 2 is 1.80 bits per heavy atom. The zero-order chi connectivity index (χ0) is 18.0. The third kappa shape index (κ3) is 3.99. The second-order valence-electron chi connectivity index (χ2n) is 5.87. The Labute approximate surface area is 143 Å². The standard InChI is InChI=1S/C18H17F3N4/c1-11-7-12(2)24-16(8-11)22-9-14-10-23-25-17(14)13-3-5-15(6-4-13)18(19,20)21/h3-8,10H,9H2,1-2H3,(H,22,24)(H,23,25). The first-order chi connectivity index (χ1) is 11.8. The van der Waals surface area contributed by atoms with Gasteiger partial charge in [-0.15, -0.1) is 0 Å². The van der Waals surface area contributed by atoms with Gasteiger partial charge in [0.1, 0.15) is 5.82 Å². The number of aromatic amines is 1. The first-order valence-electron chi connectivity index (χ1n) is 7.72. The van der Waals surface area contributed by atoms with E-state index in [1.54, 1.807) is 6.20 Å². The number of alkyl halides is 3. The maximum atomic E-state index is 12.7. The molecule has 0 spiro atoms. The molecule has 0 bridgehead atoms. The molecule has 0 unspecified atom stereocenters. The summed E-state index contributed by atoms with van der Waals surface area (Å²) in [7, 11) is 0. The van der Waals surface area contributed by atoms with Gasteiger partial charge in [0, 0.05) is 17.8 Å². The van der Waals surface area contributed by atoms with E-state index < -0.39 is 11.7 Å². The van der Waals surface area contributed by atoms with Gasteiger partial charge in [-0.25, -0.2) is 4.98 Å². The zero-order valence-electron chi connectivity index (χ0n) is 13.8. The summed E-state index contributed by atoms with van der Waals surface area (Å²) in [5, 5.41) is 10.1. The number of rotatable bonds is 4. The van der Waals surface area contributed by atoms with Crippen molar-refractivity contribution in [3.8, 4) is 11.3 Å². The molecule has 0 fully saturated rings. The highest BCUT2D eigenvalue weighted by molar-refractivity contribution is 5.63. The van der Waals surface area contributed by atoms with Crippen LogP contribution < -0.4 is 5.32 Å². The van der Waals surface area contributed by atoms with Gasteiger partial charge in [-0.05, 0) is 49.2 Å². The molecule has 0 radical (unpaired) electrons. The van der Waals surface area contributed by atoms with Crippen molar-refractivity contribution in [2.24, 2.45) is 0 Å². The minimum atomic E-state index is -4.34. The molecule has 0 aliphatic heterocycles. The summed E-state index contributed by atoms with van der Waals surface area (Å²) in [6.45, 7) is 4.37. The summed E-state index contributed by atoms with van der Waals surface area (Å²) >= 11 is 0. The van der Waals surface area contributed by atoms with Gasteiger partial charge in [0.05, 0.1) is 17.5 Å². The van der Waals surface area contributed by atoms with Crippen LogP contribution in [0.3, 0.4) is 0 Å². The van der Waals surface area contributed by atoms with Gasteiger partial charge in [0.25, 0.3) is 0 Å². The quantitative estimate of drug-likeness (QED) is 0.719. The predicted octanol–water partition coefficient (Wildman–Crippen LogP) is 4.72. The lowest BCUT2D eigenvalue weighted by molar-refractivity contribution is -0.137. The molecule has 7 heteroatoms. The highest BCUT2D eigenvalue weighted by Crippen LogP contribution is 2.31. The average molecular weight is 346 g/mol. The fourth-order valence-electron chi connectivity index (χ4n) is 2.64. The van der Waals surface area contributed by atoms with Gasteiger partial charge < -0.3 is 5.32 Å². The summed E-state index contributed by atoms with van der Waals surface area (Å²) in [6, 6.07) is 8.93. The van der Waals surface area contributed by atoms with Crippen molar-refractivity contribution in [2.75, 3.05) is 5.32 Å². The summed E-state index contributed by atoms with van der Waals surface area (Å²) in [5.74, 6) is 0.747. The lowest BCUT2D eigenvalue weighted by atomic mass is 10.1. The molecule has 25 heavy (non-hydrogen) atoms. The van der Waals surface area contributed by atoms with E-state index in [2.05, 4.69) is 20.5 Å². The van der Waals surface area contributed by atoms with Crippen LogP contribution in [0, 0.1) is 13.8 Å². The van der Waals surface area contributed by atoms with Crippen LogP contribution in [0.5, 0.6) is 0 Å². The van der Waals surface area contributed by atoms with Crippen LogP contribution in [0.15, 0.2) is 42.6 Å². The lowest BCUT2D eigenvalue weighted by Crippen LogP contribution is -2.05. The number of anilines is 1. The summed E-state index contributed by atoms with van der Waals surface area (Å²) in [4.78, 5) is 4.41. The van der Waals surface area contributed by atoms with E-state index >= 15 is 0 Å². The van der Waals surface area contributed by atoms with Crippen molar-refractivity contribution >= 4 is 5.82 Å². The molecule has 0 aliphatic carbocycles. The van der Waals surface area contributed by atoms with E-state index in [1.807, 2.05) is 26.0 Å². The van der Waals surface area contributed by atoms with Crippen LogP contribution in [0.1, 0.15) is 22.4 Å². The number of H-pyrrole nitrogens is 1. The molecular weight excluding hydrogens is 329 g/mol. The van der Waals surface area contributed by atoms with Crippen molar-refractivity contribution < 1.29 is 13.2 Å². The third-order valence-electron chi connectivity index (χ3n) is 3.78. The Morgan fingerprint density at radius 1 is 1.08 bits per heavy atom. The summed E-state index contributed by atoms with van der Waals surface area (Å²) in [5.41, 5.74) is 3.53. The Hall–Kier alpha value is -2.83. The SMILES string of the molecule is Cc1cc(C)nc(NCc2cn[nH]c2-c2ccc(C(F)(F)F)cc2)c1. The molecule has 0 amide bonds. The molecule has 130 valence electrons. The highest BCUT2D eigenvalue weighted by Gasteiger charge is 2.30. The van der Waals surface area contributed by atoms with Gasteiger partial charge in [-0.2, -0.15) is 18.3 Å². The molecule has 0 saturated carbocycles. The number of halogens is 3. The van der Waals surface area contributed by atoms with E-state index in [9.17, 15) is 13.2 Å². The summed E-state index contributed by atoms with van der Waals surface area (Å²) < 4.78 is 38.0. The number of hydrogen-bond donors (Lipinski definition) is 2. The van der Waals surface area contributed by atoms with Gasteiger partial charge in [-0.1, -0.05) is 12.1 Å². The number of hydrogen-bond acceptors (Lipinski definition) is 3. The highest BCUT2D eigenvalue weighted by atomic mass is 19.4. The maximum absolute atomic E-state index is 12.7. The van der Waals surface area contributed by atoms with E-state index in [0.717, 1.165) is 34.8 Å². The van der Waals surface area contributed by atoms with Crippen molar-refractivity contribution in [3.63, 3.8) is 0 Å². The fraction of sp³-hybridized carbons (Fsp3) is 0.222. The molecule has 3 aromatic rings. The normalized spacial score (nSPS) is 11.6. The second-order valence-corrected chi connectivity index (χ2v) is 5.87. The Morgan fingerprint density at radius 3 is 2.44 bits per heavy atom. The van der Waals surface area contributed by atoms with E-state index in [1.165, 1.54) is 12.1 Å². The fourth-order valence-corrected chi connectivity index (χ4v) is 2.64. The van der Waals surface area contributed by atoms with Gasteiger partial charge in [-0.3, -0.25) is 5.10 Å². The number of benzene rings is 1. The molecule has 0 atom stereocenters. The minimum absolute atomic E-state index is 0.461. The van der Waals surface area contributed by atoms with Crippen molar-refractivity contribution in [1.82, 2.24) is 15.2 Å². The smallest absolute Gasteiger partial charge is 0.366 e. The monoisotopic (exact) mass is 346 g/mol. The van der Waals surface area contributed by atoms with Gasteiger partial charge in [0.2, 0.25) is 0 Å². The Kier molecular flexibility index (Phi) is 4.48. The zero-order valence-corrected chi connectivity index (χ0v) is 13.8. The number of nitrogens with one attached hydrogen (secondary N) is 2. The number of nitrogens with zero attached hydrogens (tertiary/aromatic N) is 2. The second kappa shape index (κ2) is 6.58. The van der Waals surface area contributed by atoms with Crippen molar-refractivity contribution in [3.05, 3.63) is 65.0 Å². The molecular formula is C18H17F3N4. The molecule has 0 saturated heterocycles. The Balaban J connectivity index is 1.78. The van der Waals surface area contributed by atoms with Crippen LogP contribution in [0.2, 0.25) is 0 Å². The van der Waals surface area contributed by atoms with E-state index in [4.69, 9.17) is 0 Å². The topological polar surface area (TPSA) is 53.6 Å². The van der Waals surface area contributed by atoms with Crippen LogP contribution in [-0.4, -0.2) is 15.2 Å². The van der Waals surface area contributed by atoms with Crippen molar-refractivity contribution in [1.29, 1.82) is 0 Å². The maximum Gasteiger partial charge on any atom is 0.416 e. The molecule has 2 heterocycles. The number of pyridine rings is 1. The first kappa shape index (κ1) is 17.0. The molecule has 3 rings (SSSR count). The van der Waals surface area contributed by atoms with Crippen LogP contribution in [-0.2, 0) is 12.7 Å². The molecule has 0 aliphatic rings. The van der Waals surface area contributed by atoms with Crippen LogP contribution in [0.25, 0.3) is 11.3 Å². The predicted molar refractivity (Wildman–Crippen MR) is 90.1 cm³/mol. The number of aryl methyl sites for hydroxylation is 2. The van der Waals surface area contributed by atoms with E-state index in [0.29, 0.717) is 17.8 Å². The Bertz CT molecular complexity index is 847. The molecule has 4 nitrogen and oxygen atoms in total. The molecule has 1 aromatic carbocycles. The van der Waals surface area contributed by atoms with Crippen LogP contribution in [0.4, 0.5) is 19.0 Å². The van der Waals surface area contributed by atoms with Gasteiger partial charge in [0.15, 0.2) is 0 Å². The van der Waals surface area contributed by atoms with Crippen molar-refractivity contribution in [2.45, 2.75) is 26.6 Å². The lowest BCUT2D eigenvalue weighted by Gasteiger charge is -2.09. The largest absolute Gasteiger partial charge is 0.416 e. The molecule has 2 aromatic heterocycles. The van der Waals surface area contributed by atoms with Crippen LogP contribution >= 0.6 is 0 Å².